The maximum Gasteiger partial charge on any atom is 0.363 e. The van der Waals surface area contributed by atoms with Crippen LogP contribution in [-0.2, 0) is 5.41 Å². The molecule has 2 aromatic rings. The number of rotatable bonds is 5. The summed E-state index contributed by atoms with van der Waals surface area (Å²) in [6.07, 6.45) is 1.53. The summed E-state index contributed by atoms with van der Waals surface area (Å²) < 4.78 is 10.4. The Hall–Kier alpha value is -2.61. The molecule has 25 heavy (non-hydrogen) atoms. The molecule has 0 bridgehead atoms. The number of halogens is 1. The lowest BCUT2D eigenvalue weighted by Crippen LogP contribution is -2.24. The summed E-state index contributed by atoms with van der Waals surface area (Å²) in [5.74, 6) is 1.23. The number of benzene rings is 1. The zero-order chi connectivity index (χ0) is 18.6. The third kappa shape index (κ3) is 4.48. The minimum atomic E-state index is -0.556. The van der Waals surface area contributed by atoms with E-state index in [-0.39, 0.29) is 5.41 Å². The lowest BCUT2D eigenvalue weighted by molar-refractivity contribution is 0.355. The third-order valence-electron chi connectivity index (χ3n) is 3.25. The topological polar surface area (TPSA) is 101 Å². The molecule has 0 spiro atoms. The van der Waals surface area contributed by atoms with E-state index in [4.69, 9.17) is 21.1 Å². The highest BCUT2D eigenvalue weighted by atomic mass is 35.5. The fourth-order valence-electron chi connectivity index (χ4n) is 2.12. The molecule has 9 heteroatoms. The second-order valence-corrected chi connectivity index (χ2v) is 6.60. The van der Waals surface area contributed by atoms with E-state index in [0.717, 1.165) is 0 Å². The Morgan fingerprint density at radius 2 is 2.00 bits per heavy atom. The van der Waals surface area contributed by atoms with E-state index in [1.54, 1.807) is 12.1 Å². The van der Waals surface area contributed by atoms with Gasteiger partial charge in [0, 0.05) is 5.41 Å². The molecule has 0 unspecified atom stereocenters. The van der Waals surface area contributed by atoms with Crippen molar-refractivity contribution in [3.05, 3.63) is 38.9 Å². The van der Waals surface area contributed by atoms with Crippen molar-refractivity contribution in [1.82, 2.24) is 15.2 Å². The van der Waals surface area contributed by atoms with Gasteiger partial charge in [-0.1, -0.05) is 32.4 Å². The number of ether oxygens (including phenoxy) is 2. The van der Waals surface area contributed by atoms with Gasteiger partial charge in [0.1, 0.15) is 5.69 Å². The molecule has 1 aromatic carbocycles. The lowest BCUT2D eigenvalue weighted by atomic mass is 9.92. The molecule has 8 nitrogen and oxygen atoms in total. The van der Waals surface area contributed by atoms with Gasteiger partial charge in [-0.3, -0.25) is 5.43 Å². The second kappa shape index (κ2) is 7.52. The quantitative estimate of drug-likeness (QED) is 0.623. The van der Waals surface area contributed by atoms with Crippen molar-refractivity contribution in [3.63, 3.8) is 0 Å². The number of nitrogens with one attached hydrogen (secondary N) is 2. The highest BCUT2D eigenvalue weighted by Crippen LogP contribution is 2.35. The average molecular weight is 366 g/mol. The van der Waals surface area contributed by atoms with E-state index in [0.29, 0.717) is 33.6 Å². The molecular formula is C16H20ClN5O3. The molecule has 2 N–H and O–H groups in total. The van der Waals surface area contributed by atoms with Crippen molar-refractivity contribution in [3.8, 4) is 11.5 Å². The van der Waals surface area contributed by atoms with Crippen molar-refractivity contribution in [2.24, 2.45) is 5.10 Å². The number of anilines is 1. The van der Waals surface area contributed by atoms with E-state index in [2.05, 4.69) is 25.7 Å². The highest BCUT2D eigenvalue weighted by molar-refractivity contribution is 6.32. The number of methoxy groups -OCH3 is 2. The third-order valence-corrected chi connectivity index (χ3v) is 3.53. The van der Waals surface area contributed by atoms with Crippen LogP contribution in [0.5, 0.6) is 11.5 Å². The minimum absolute atomic E-state index is 0.291. The molecule has 0 radical (unpaired) electrons. The van der Waals surface area contributed by atoms with Crippen LogP contribution in [0.2, 0.25) is 5.02 Å². The SMILES string of the molecule is COc1cc(/C=N/Nc2nc(=O)[nH]nc2C(C)(C)C)cc(Cl)c1OC. The predicted octanol–water partition coefficient (Wildman–Crippen LogP) is 2.58. The Labute approximate surface area is 150 Å². The van der Waals surface area contributed by atoms with Gasteiger partial charge in [-0.2, -0.15) is 15.2 Å². The summed E-state index contributed by atoms with van der Waals surface area (Å²) in [7, 11) is 3.04. The summed E-state index contributed by atoms with van der Waals surface area (Å²) in [5, 5.41) is 10.9. The van der Waals surface area contributed by atoms with Crippen molar-refractivity contribution in [1.29, 1.82) is 0 Å². The summed E-state index contributed by atoms with van der Waals surface area (Å²) in [6, 6.07) is 3.41. The molecule has 0 aliphatic heterocycles. The van der Waals surface area contributed by atoms with Gasteiger partial charge in [-0.05, 0) is 17.7 Å². The van der Waals surface area contributed by atoms with E-state index in [9.17, 15) is 4.79 Å². The summed E-state index contributed by atoms with van der Waals surface area (Å²) >= 11 is 6.16. The van der Waals surface area contributed by atoms with Crippen molar-refractivity contribution < 1.29 is 9.47 Å². The standard InChI is InChI=1S/C16H20ClN5O3/c1-16(2,3)13-14(19-15(23)22-20-13)21-18-8-9-6-10(17)12(25-5)11(7-9)24-4/h6-8H,1-5H3,(H2,19,21,22,23)/b18-8+. The molecule has 1 aromatic heterocycles. The van der Waals surface area contributed by atoms with Gasteiger partial charge in [0.2, 0.25) is 0 Å². The van der Waals surface area contributed by atoms with Gasteiger partial charge in [0.25, 0.3) is 0 Å². The first-order valence-electron chi connectivity index (χ1n) is 7.44. The van der Waals surface area contributed by atoms with E-state index < -0.39 is 5.69 Å². The zero-order valence-electron chi connectivity index (χ0n) is 14.7. The van der Waals surface area contributed by atoms with Gasteiger partial charge < -0.3 is 9.47 Å². The van der Waals surface area contributed by atoms with Crippen LogP contribution >= 0.6 is 11.6 Å². The number of aromatic amines is 1. The molecule has 0 amide bonds. The minimum Gasteiger partial charge on any atom is -0.493 e. The van der Waals surface area contributed by atoms with Crippen molar-refractivity contribution in [2.45, 2.75) is 26.2 Å². The molecule has 134 valence electrons. The second-order valence-electron chi connectivity index (χ2n) is 6.20. The first-order chi connectivity index (χ1) is 11.8. The van der Waals surface area contributed by atoms with Crippen molar-refractivity contribution in [2.75, 3.05) is 19.6 Å². The van der Waals surface area contributed by atoms with Crippen LogP contribution in [0.3, 0.4) is 0 Å². The molecular weight excluding hydrogens is 346 g/mol. The van der Waals surface area contributed by atoms with Gasteiger partial charge in [0.15, 0.2) is 17.3 Å². The van der Waals surface area contributed by atoms with Gasteiger partial charge >= 0.3 is 5.69 Å². The number of hydrogen-bond acceptors (Lipinski definition) is 7. The molecule has 0 aliphatic rings. The molecule has 0 saturated carbocycles. The molecule has 0 fully saturated rings. The van der Waals surface area contributed by atoms with Gasteiger partial charge in [0.05, 0.1) is 25.5 Å². The fraction of sp³-hybridized carbons (Fsp3) is 0.375. The average Bonchev–Trinajstić information content (AvgIpc) is 2.53. The van der Waals surface area contributed by atoms with Crippen LogP contribution in [0, 0.1) is 0 Å². The summed E-state index contributed by atoms with van der Waals surface area (Å²) in [4.78, 5) is 15.3. The van der Waals surface area contributed by atoms with Crippen LogP contribution in [-0.4, -0.2) is 35.6 Å². The summed E-state index contributed by atoms with van der Waals surface area (Å²) in [5.41, 5.74) is 3.16. The highest BCUT2D eigenvalue weighted by Gasteiger charge is 2.21. The number of aromatic nitrogens is 3. The predicted molar refractivity (Wildman–Crippen MR) is 97.1 cm³/mol. The van der Waals surface area contributed by atoms with Crippen LogP contribution in [0.1, 0.15) is 32.0 Å². The van der Waals surface area contributed by atoms with E-state index in [1.807, 2.05) is 20.8 Å². The molecule has 1 heterocycles. The van der Waals surface area contributed by atoms with Crippen LogP contribution < -0.4 is 20.6 Å². The first-order valence-corrected chi connectivity index (χ1v) is 7.82. The Morgan fingerprint density at radius 1 is 1.28 bits per heavy atom. The van der Waals surface area contributed by atoms with E-state index >= 15 is 0 Å². The molecule has 2 rings (SSSR count). The Balaban J connectivity index is 2.29. The maximum absolute atomic E-state index is 11.4. The Morgan fingerprint density at radius 3 is 2.60 bits per heavy atom. The molecule has 0 saturated heterocycles. The zero-order valence-corrected chi connectivity index (χ0v) is 15.4. The number of H-pyrrole nitrogens is 1. The number of hydrazone groups is 1. The monoisotopic (exact) mass is 365 g/mol. The van der Waals surface area contributed by atoms with Crippen molar-refractivity contribution >= 4 is 23.6 Å². The maximum atomic E-state index is 11.4. The van der Waals surface area contributed by atoms with E-state index in [1.165, 1.54) is 20.4 Å². The van der Waals surface area contributed by atoms with Crippen LogP contribution in [0.15, 0.2) is 22.0 Å². The summed E-state index contributed by atoms with van der Waals surface area (Å²) in [6.45, 7) is 5.87. The van der Waals surface area contributed by atoms with Crippen LogP contribution in [0.25, 0.3) is 0 Å². The van der Waals surface area contributed by atoms with Crippen LogP contribution in [0.4, 0.5) is 5.82 Å². The lowest BCUT2D eigenvalue weighted by Gasteiger charge is -2.18. The Bertz CT molecular complexity index is 843. The largest absolute Gasteiger partial charge is 0.493 e. The Kier molecular flexibility index (Phi) is 5.63. The normalized spacial score (nSPS) is 11.6. The number of hydrogen-bond donors (Lipinski definition) is 2. The molecule has 0 aliphatic carbocycles. The number of nitrogens with zero attached hydrogens (tertiary/aromatic N) is 3. The fourth-order valence-corrected chi connectivity index (χ4v) is 2.41. The van der Waals surface area contributed by atoms with Gasteiger partial charge in [-0.25, -0.2) is 9.89 Å². The first kappa shape index (κ1) is 18.7. The smallest absolute Gasteiger partial charge is 0.363 e. The molecule has 0 atom stereocenters. The van der Waals surface area contributed by atoms with Gasteiger partial charge in [-0.15, -0.1) is 0 Å².